The van der Waals surface area contributed by atoms with E-state index in [0.29, 0.717) is 5.75 Å². The standard InChI is InChI=1S/C17H19N3O2S2/c1-17(2)4-5-20(3)12-7-13-10(6-9(12)17)18-15(24-13)14-19-11(8-23-14)16(21)22/h6-7,11H,4-5,8H2,1-3H3,(H,21,22)/t11-/m1/s1. The zero-order chi connectivity index (χ0) is 17.1. The number of fused-ring (bicyclic) bond motifs is 2. The summed E-state index contributed by atoms with van der Waals surface area (Å²) in [6, 6.07) is 3.78. The molecule has 0 radical (unpaired) electrons. The molecule has 0 amide bonds. The molecule has 0 saturated carbocycles. The van der Waals surface area contributed by atoms with Crippen LogP contribution in [-0.2, 0) is 10.2 Å². The molecule has 2 aromatic rings. The van der Waals surface area contributed by atoms with Gasteiger partial charge in [-0.25, -0.2) is 9.78 Å². The van der Waals surface area contributed by atoms with Crippen LogP contribution in [-0.4, -0.2) is 46.5 Å². The number of anilines is 1. The molecule has 126 valence electrons. The number of thiazole rings is 1. The predicted octanol–water partition coefficient (Wildman–Crippen LogP) is 3.36. The number of aliphatic carboxylic acids is 1. The summed E-state index contributed by atoms with van der Waals surface area (Å²) < 4.78 is 1.13. The second-order valence-electron chi connectivity index (χ2n) is 7.01. The van der Waals surface area contributed by atoms with Crippen molar-refractivity contribution < 1.29 is 9.90 Å². The number of hydrogen-bond acceptors (Lipinski definition) is 6. The lowest BCUT2D eigenvalue weighted by Gasteiger charge is -2.38. The highest BCUT2D eigenvalue weighted by Gasteiger charge is 2.31. The van der Waals surface area contributed by atoms with E-state index in [1.54, 1.807) is 11.3 Å². The largest absolute Gasteiger partial charge is 0.480 e. The van der Waals surface area contributed by atoms with Crippen molar-refractivity contribution in [2.75, 3.05) is 24.2 Å². The molecule has 0 spiro atoms. The van der Waals surface area contributed by atoms with Gasteiger partial charge < -0.3 is 10.0 Å². The van der Waals surface area contributed by atoms with Crippen molar-refractivity contribution in [3.63, 3.8) is 0 Å². The van der Waals surface area contributed by atoms with E-state index in [-0.39, 0.29) is 5.41 Å². The van der Waals surface area contributed by atoms with Gasteiger partial charge in [0.2, 0.25) is 0 Å². The molecular weight excluding hydrogens is 342 g/mol. The molecule has 1 aromatic heterocycles. The number of carbonyl (C=O) groups is 1. The molecular formula is C17H19N3O2S2. The summed E-state index contributed by atoms with van der Waals surface area (Å²) in [5.41, 5.74) is 3.75. The Balaban J connectivity index is 1.80. The van der Waals surface area contributed by atoms with Gasteiger partial charge in [0.15, 0.2) is 6.04 Å². The maximum Gasteiger partial charge on any atom is 0.329 e. The fourth-order valence-electron chi connectivity index (χ4n) is 3.23. The van der Waals surface area contributed by atoms with E-state index >= 15 is 0 Å². The van der Waals surface area contributed by atoms with E-state index in [2.05, 4.69) is 42.9 Å². The highest BCUT2D eigenvalue weighted by molar-refractivity contribution is 8.15. The SMILES string of the molecule is CN1CCC(C)(C)c2cc3nc(C4=N[C@@H](C(=O)O)CS4)sc3cc21. The van der Waals surface area contributed by atoms with Crippen LogP contribution in [0, 0.1) is 0 Å². The van der Waals surface area contributed by atoms with Crippen molar-refractivity contribution in [3.05, 3.63) is 22.7 Å². The lowest BCUT2D eigenvalue weighted by atomic mass is 9.78. The second-order valence-corrected chi connectivity index (χ2v) is 9.05. The van der Waals surface area contributed by atoms with Gasteiger partial charge in [-0.05, 0) is 29.5 Å². The van der Waals surface area contributed by atoms with Gasteiger partial charge in [0.25, 0.3) is 0 Å². The van der Waals surface area contributed by atoms with E-state index in [9.17, 15) is 4.79 Å². The first-order valence-corrected chi connectivity index (χ1v) is 9.75. The van der Waals surface area contributed by atoms with Crippen LogP contribution >= 0.6 is 23.1 Å². The Morgan fingerprint density at radius 1 is 1.42 bits per heavy atom. The van der Waals surface area contributed by atoms with Crippen molar-refractivity contribution in [1.29, 1.82) is 0 Å². The molecule has 0 aliphatic carbocycles. The van der Waals surface area contributed by atoms with Crippen molar-refractivity contribution in [1.82, 2.24) is 4.98 Å². The molecule has 7 heteroatoms. The molecule has 3 heterocycles. The minimum Gasteiger partial charge on any atom is -0.480 e. The van der Waals surface area contributed by atoms with Crippen LogP contribution in [0.15, 0.2) is 17.1 Å². The molecule has 0 bridgehead atoms. The zero-order valence-corrected chi connectivity index (χ0v) is 15.5. The Morgan fingerprint density at radius 3 is 2.92 bits per heavy atom. The Kier molecular flexibility index (Phi) is 3.61. The van der Waals surface area contributed by atoms with Gasteiger partial charge in [-0.1, -0.05) is 13.8 Å². The Bertz CT molecular complexity index is 872. The molecule has 2 aliphatic heterocycles. The van der Waals surface area contributed by atoms with E-state index < -0.39 is 12.0 Å². The number of thioether (sulfide) groups is 1. The minimum absolute atomic E-state index is 0.147. The van der Waals surface area contributed by atoms with Gasteiger partial charge in [0, 0.05) is 25.0 Å². The lowest BCUT2D eigenvalue weighted by molar-refractivity contribution is -0.137. The normalized spacial score (nSPS) is 22.5. The summed E-state index contributed by atoms with van der Waals surface area (Å²) in [6.07, 6.45) is 1.13. The predicted molar refractivity (Wildman–Crippen MR) is 101 cm³/mol. The highest BCUT2D eigenvalue weighted by Crippen LogP contribution is 2.42. The van der Waals surface area contributed by atoms with E-state index in [4.69, 9.17) is 10.1 Å². The average molecular weight is 361 g/mol. The van der Waals surface area contributed by atoms with E-state index in [1.807, 2.05) is 0 Å². The number of nitrogens with zero attached hydrogens (tertiary/aromatic N) is 3. The maximum atomic E-state index is 11.1. The third kappa shape index (κ3) is 2.50. The first kappa shape index (κ1) is 15.9. The van der Waals surface area contributed by atoms with Gasteiger partial charge in [0.05, 0.1) is 10.2 Å². The molecule has 1 atom stereocenters. The molecule has 2 aliphatic rings. The number of aliphatic imine (C=N–C) groups is 1. The van der Waals surface area contributed by atoms with Crippen molar-refractivity contribution in [2.24, 2.45) is 4.99 Å². The summed E-state index contributed by atoms with van der Waals surface area (Å²) in [7, 11) is 2.14. The van der Waals surface area contributed by atoms with Crippen LogP contribution in [0.4, 0.5) is 5.69 Å². The third-order valence-electron chi connectivity index (χ3n) is 4.84. The van der Waals surface area contributed by atoms with Crippen molar-refractivity contribution >= 4 is 50.0 Å². The first-order valence-electron chi connectivity index (χ1n) is 7.95. The number of rotatable bonds is 2. The van der Waals surface area contributed by atoms with Gasteiger partial charge in [-0.3, -0.25) is 4.99 Å². The average Bonchev–Trinajstić information content (AvgIpc) is 3.16. The Hall–Kier alpha value is -1.60. The van der Waals surface area contributed by atoms with Crippen LogP contribution in [0.1, 0.15) is 30.8 Å². The number of hydrogen-bond donors (Lipinski definition) is 1. The summed E-state index contributed by atoms with van der Waals surface area (Å²) >= 11 is 3.09. The zero-order valence-electron chi connectivity index (χ0n) is 13.9. The van der Waals surface area contributed by atoms with Gasteiger partial charge in [-0.15, -0.1) is 23.1 Å². The number of carboxylic acids is 1. The van der Waals surface area contributed by atoms with Crippen LogP contribution in [0.3, 0.4) is 0 Å². The van der Waals surface area contributed by atoms with Crippen LogP contribution in [0.25, 0.3) is 10.2 Å². The molecule has 5 nitrogen and oxygen atoms in total. The molecule has 0 saturated heterocycles. The molecule has 24 heavy (non-hydrogen) atoms. The fraction of sp³-hybridized carbons (Fsp3) is 0.471. The summed E-state index contributed by atoms with van der Waals surface area (Å²) in [5, 5.41) is 10.7. The van der Waals surface area contributed by atoms with E-state index in [1.165, 1.54) is 23.0 Å². The number of carboxylic acid groups (broad SMARTS) is 1. The fourth-order valence-corrected chi connectivity index (χ4v) is 5.31. The Labute approximate surface area is 148 Å². The Morgan fingerprint density at radius 2 is 2.21 bits per heavy atom. The van der Waals surface area contributed by atoms with Crippen LogP contribution in [0.5, 0.6) is 0 Å². The molecule has 1 aromatic carbocycles. The van der Waals surface area contributed by atoms with E-state index in [0.717, 1.165) is 33.2 Å². The minimum atomic E-state index is -0.863. The van der Waals surface area contributed by atoms with Gasteiger partial charge in [0.1, 0.15) is 10.1 Å². The maximum absolute atomic E-state index is 11.1. The monoisotopic (exact) mass is 361 g/mol. The van der Waals surface area contributed by atoms with Crippen LogP contribution < -0.4 is 4.90 Å². The molecule has 0 fully saturated rings. The summed E-state index contributed by atoms with van der Waals surface area (Å²) in [4.78, 5) is 22.5. The summed E-state index contributed by atoms with van der Waals surface area (Å²) in [6.45, 7) is 5.62. The summed E-state index contributed by atoms with van der Waals surface area (Å²) in [5.74, 6) is -0.371. The lowest BCUT2D eigenvalue weighted by Crippen LogP contribution is -2.34. The number of aromatic nitrogens is 1. The topological polar surface area (TPSA) is 65.8 Å². The molecule has 1 N–H and O–H groups in total. The van der Waals surface area contributed by atoms with Crippen molar-refractivity contribution in [3.8, 4) is 0 Å². The van der Waals surface area contributed by atoms with Crippen molar-refractivity contribution in [2.45, 2.75) is 31.7 Å². The molecule has 0 unspecified atom stereocenters. The molecule has 4 rings (SSSR count). The highest BCUT2D eigenvalue weighted by atomic mass is 32.2. The third-order valence-corrected chi connectivity index (χ3v) is 7.05. The second kappa shape index (κ2) is 5.46. The quantitative estimate of drug-likeness (QED) is 0.888. The first-order chi connectivity index (χ1) is 11.3. The smallest absolute Gasteiger partial charge is 0.329 e. The van der Waals surface area contributed by atoms with Gasteiger partial charge >= 0.3 is 5.97 Å². The van der Waals surface area contributed by atoms with Crippen LogP contribution in [0.2, 0.25) is 0 Å². The number of benzene rings is 1. The van der Waals surface area contributed by atoms with Gasteiger partial charge in [-0.2, -0.15) is 0 Å².